The van der Waals surface area contributed by atoms with Gasteiger partial charge < -0.3 is 30.1 Å². The number of hydrogen-bond donors (Lipinski definition) is 4. The predicted molar refractivity (Wildman–Crippen MR) is 183 cm³/mol. The molecule has 4 aliphatic rings. The van der Waals surface area contributed by atoms with Gasteiger partial charge in [-0.15, -0.1) is 0 Å². The summed E-state index contributed by atoms with van der Waals surface area (Å²) in [6, 6.07) is 4.94. The maximum atomic E-state index is 14.5. The van der Waals surface area contributed by atoms with Crippen molar-refractivity contribution < 1.29 is 42.2 Å². The van der Waals surface area contributed by atoms with Crippen LogP contribution in [0.5, 0.6) is 11.6 Å². The molecular weight excluding hydrogens is 666 g/mol. The Kier molecular flexibility index (Phi) is 9.98. The van der Waals surface area contributed by atoms with Crippen molar-refractivity contribution in [1.29, 1.82) is 0 Å². The van der Waals surface area contributed by atoms with Gasteiger partial charge in [-0.05, 0) is 68.6 Å². The monoisotopic (exact) mass is 711 g/mol. The maximum Gasteiger partial charge on any atom is 0.405 e. The maximum absolute atomic E-state index is 14.5. The first-order chi connectivity index (χ1) is 23.9. The lowest BCUT2D eigenvalue weighted by Gasteiger charge is -2.33. The molecule has 4 amide bonds. The number of methoxy groups -OCH3 is 1. The molecule has 4 N–H and O–H groups in total. The third kappa shape index (κ3) is 7.23. The van der Waals surface area contributed by atoms with E-state index in [-0.39, 0.29) is 37.1 Å². The van der Waals surface area contributed by atoms with Crippen molar-refractivity contribution in [2.45, 2.75) is 94.2 Å². The molecule has 50 heavy (non-hydrogen) atoms. The van der Waals surface area contributed by atoms with Crippen LogP contribution in [0.1, 0.15) is 65.2 Å². The van der Waals surface area contributed by atoms with Crippen molar-refractivity contribution in [2.24, 2.45) is 17.8 Å². The number of hydrogen-bond acceptors (Lipinski definition) is 9. The first-order valence-electron chi connectivity index (χ1n) is 17.3. The fraction of sp³-hybridized carbons (Fsp3) is 0.571. The zero-order valence-corrected chi connectivity index (χ0v) is 29.3. The van der Waals surface area contributed by atoms with Crippen LogP contribution in [-0.2, 0) is 24.4 Å². The number of fused-ring (bicyclic) bond motifs is 3. The van der Waals surface area contributed by atoms with E-state index in [1.54, 1.807) is 25.4 Å². The molecule has 2 saturated carbocycles. The van der Waals surface area contributed by atoms with Crippen molar-refractivity contribution in [3.63, 3.8) is 0 Å². The Morgan fingerprint density at radius 2 is 1.92 bits per heavy atom. The number of pyridine rings is 1. The first kappa shape index (κ1) is 35.4. The molecule has 0 unspecified atom stereocenters. The molecule has 0 spiro atoms. The molecule has 7 atom stereocenters. The van der Waals surface area contributed by atoms with Gasteiger partial charge in [0.2, 0.25) is 27.7 Å². The highest BCUT2D eigenvalue weighted by Gasteiger charge is 2.62. The summed E-state index contributed by atoms with van der Waals surface area (Å²) in [6.07, 6.45) is 6.93. The third-order valence-electron chi connectivity index (χ3n) is 10.5. The predicted octanol–water partition coefficient (Wildman–Crippen LogP) is 3.11. The summed E-state index contributed by atoms with van der Waals surface area (Å²) in [5.74, 6) is -1.80. The molecule has 2 aliphatic heterocycles. The number of nitrogens with one attached hydrogen (secondary N) is 3. The number of amides is 4. The van der Waals surface area contributed by atoms with Crippen LogP contribution < -0.4 is 24.8 Å². The summed E-state index contributed by atoms with van der Waals surface area (Å²) in [6.45, 7) is 3.90. The molecule has 15 heteroatoms. The number of sulfonamides is 1. The summed E-state index contributed by atoms with van der Waals surface area (Å²) in [7, 11) is -2.34. The van der Waals surface area contributed by atoms with Gasteiger partial charge in [0.05, 0.1) is 18.9 Å². The summed E-state index contributed by atoms with van der Waals surface area (Å²) in [5.41, 5.74) is -1.52. The van der Waals surface area contributed by atoms with Gasteiger partial charge in [-0.3, -0.25) is 19.1 Å². The van der Waals surface area contributed by atoms with Gasteiger partial charge in [-0.1, -0.05) is 38.5 Å². The molecule has 1 aromatic carbocycles. The molecule has 0 bridgehead atoms. The van der Waals surface area contributed by atoms with Crippen LogP contribution in [0.2, 0.25) is 0 Å². The fourth-order valence-corrected chi connectivity index (χ4v) is 8.79. The third-order valence-corrected chi connectivity index (χ3v) is 12.3. The number of benzene rings is 1. The average molecular weight is 712 g/mol. The Morgan fingerprint density at radius 1 is 1.14 bits per heavy atom. The number of allylic oxidation sites excluding steroid dienone is 1. The molecule has 14 nitrogen and oxygen atoms in total. The Bertz CT molecular complexity index is 1800. The zero-order valence-electron chi connectivity index (χ0n) is 28.5. The summed E-state index contributed by atoms with van der Waals surface area (Å²) >= 11 is 0. The van der Waals surface area contributed by atoms with Crippen LogP contribution in [0.15, 0.2) is 42.6 Å². The van der Waals surface area contributed by atoms with Crippen molar-refractivity contribution in [3.05, 3.63) is 42.6 Å². The Morgan fingerprint density at radius 3 is 2.62 bits per heavy atom. The molecule has 270 valence electrons. The van der Waals surface area contributed by atoms with Gasteiger partial charge in [0.1, 0.15) is 29.5 Å². The van der Waals surface area contributed by atoms with Crippen LogP contribution in [0.4, 0.5) is 4.79 Å². The number of aromatic nitrogens is 1. The molecule has 3 heterocycles. The SMILES string of the molecule is CC[C@@H]1C[C@H](C)CCC=C[C@@H]2C[C@@]2(C(=O)NS(=O)(=O)C2CC2)NC(=O)[C@@H]2C[C@@H](Oc3nccc4c(OC)cccc34)CN2C(=O)[C@H]1NC(=O)O. The van der Waals surface area contributed by atoms with E-state index in [2.05, 4.69) is 20.3 Å². The minimum Gasteiger partial charge on any atom is -0.496 e. The number of rotatable bonds is 8. The van der Waals surface area contributed by atoms with Crippen LogP contribution >= 0.6 is 0 Å². The number of carboxylic acid groups (broad SMARTS) is 1. The highest BCUT2D eigenvalue weighted by molar-refractivity contribution is 7.91. The number of nitrogens with zero attached hydrogens (tertiary/aromatic N) is 2. The van der Waals surface area contributed by atoms with Crippen molar-refractivity contribution in [3.8, 4) is 11.6 Å². The molecule has 3 fully saturated rings. The van der Waals surface area contributed by atoms with E-state index in [1.165, 1.54) is 4.90 Å². The molecule has 2 aromatic rings. The minimum absolute atomic E-state index is 0.0190. The topological polar surface area (TPSA) is 193 Å². The van der Waals surface area contributed by atoms with Gasteiger partial charge in [-0.25, -0.2) is 18.2 Å². The van der Waals surface area contributed by atoms with Crippen LogP contribution in [0.3, 0.4) is 0 Å². The largest absolute Gasteiger partial charge is 0.496 e. The van der Waals surface area contributed by atoms with Crippen molar-refractivity contribution >= 4 is 44.6 Å². The second kappa shape index (κ2) is 14.1. The second-order valence-corrected chi connectivity index (χ2v) is 16.0. The molecule has 2 aliphatic carbocycles. The normalized spacial score (nSPS) is 30.3. The summed E-state index contributed by atoms with van der Waals surface area (Å²) in [5, 5.41) is 15.9. The van der Waals surface area contributed by atoms with Gasteiger partial charge in [-0.2, -0.15) is 0 Å². The summed E-state index contributed by atoms with van der Waals surface area (Å²) in [4.78, 5) is 60.2. The lowest BCUT2D eigenvalue weighted by molar-refractivity contribution is -0.142. The van der Waals surface area contributed by atoms with E-state index in [4.69, 9.17) is 9.47 Å². The minimum atomic E-state index is -3.90. The van der Waals surface area contributed by atoms with Crippen LogP contribution in [0, 0.1) is 17.8 Å². The molecule has 0 radical (unpaired) electrons. The molecular formula is C35H45N5O9S. The first-order valence-corrected chi connectivity index (χ1v) is 18.8. The van der Waals surface area contributed by atoms with E-state index in [0.717, 1.165) is 11.8 Å². The second-order valence-electron chi connectivity index (χ2n) is 14.0. The van der Waals surface area contributed by atoms with Gasteiger partial charge >= 0.3 is 6.09 Å². The van der Waals surface area contributed by atoms with E-state index >= 15 is 0 Å². The van der Waals surface area contributed by atoms with Gasteiger partial charge in [0, 0.05) is 29.3 Å². The lowest BCUT2D eigenvalue weighted by Crippen LogP contribution is -2.59. The number of ether oxygens (including phenoxy) is 2. The number of carbonyl (C=O) groups excluding carboxylic acids is 3. The zero-order chi connectivity index (χ0) is 35.8. The van der Waals surface area contributed by atoms with Crippen LogP contribution in [0.25, 0.3) is 10.8 Å². The smallest absolute Gasteiger partial charge is 0.405 e. The quantitative estimate of drug-likeness (QED) is 0.296. The van der Waals surface area contributed by atoms with E-state index < -0.39 is 68.7 Å². The Balaban J connectivity index is 1.35. The van der Waals surface area contributed by atoms with E-state index in [1.807, 2.05) is 38.1 Å². The van der Waals surface area contributed by atoms with E-state index in [9.17, 15) is 32.7 Å². The average Bonchev–Trinajstić information content (AvgIpc) is 4.01. The summed E-state index contributed by atoms with van der Waals surface area (Å²) < 4.78 is 39.6. The fourth-order valence-electron chi connectivity index (χ4n) is 7.43. The molecule has 6 rings (SSSR count). The number of carbonyl (C=O) groups is 4. The van der Waals surface area contributed by atoms with Gasteiger partial charge in [0.15, 0.2) is 0 Å². The van der Waals surface area contributed by atoms with Crippen LogP contribution in [-0.4, -0.2) is 89.9 Å². The van der Waals surface area contributed by atoms with Crippen molar-refractivity contribution in [2.75, 3.05) is 13.7 Å². The highest BCUT2D eigenvalue weighted by Crippen LogP contribution is 2.46. The van der Waals surface area contributed by atoms with Crippen molar-refractivity contribution in [1.82, 2.24) is 25.2 Å². The molecule has 1 aromatic heterocycles. The van der Waals surface area contributed by atoms with Gasteiger partial charge in [0.25, 0.3) is 5.91 Å². The highest BCUT2D eigenvalue weighted by atomic mass is 32.2. The van der Waals surface area contributed by atoms with E-state index in [0.29, 0.717) is 43.2 Å². The Labute approximate surface area is 291 Å². The standard InChI is InChI=1S/C35H45N5O9S/c1-4-21-16-20(2)8-5-6-9-22-18-35(22,33(43)39-50(46,47)24-12-13-24)38-30(41)27-17-23(19-40(27)32(42)29(21)37-34(44)45)49-31-26-10-7-11-28(48-3)25(26)14-15-36-31/h6-7,9-11,14-15,20-24,27,29,37H,4-5,8,12-13,16-19H2,1-3H3,(H,38,41)(H,39,43)(H,44,45)/t20-,21-,22-,23-,27+,29+,35-/m1/s1. The molecule has 1 saturated heterocycles. The Hall–Kier alpha value is -4.40. The lowest BCUT2D eigenvalue weighted by atomic mass is 9.85.